The van der Waals surface area contributed by atoms with E-state index in [4.69, 9.17) is 14.2 Å². The highest BCUT2D eigenvalue weighted by atomic mass is 16.7. The lowest BCUT2D eigenvalue weighted by atomic mass is 9.84. The summed E-state index contributed by atoms with van der Waals surface area (Å²) in [5.41, 5.74) is 0. The van der Waals surface area contributed by atoms with E-state index in [1.807, 2.05) is 59.7 Å². The number of rotatable bonds is 4. The van der Waals surface area contributed by atoms with Gasteiger partial charge in [-0.05, 0) is 59.2 Å². The van der Waals surface area contributed by atoms with Gasteiger partial charge < -0.3 is 24.2 Å². The van der Waals surface area contributed by atoms with E-state index >= 15 is 0 Å². The Balaban J connectivity index is 2.32. The molecule has 7 heteroatoms. The number of aliphatic hydroxyl groups excluding tert-OH is 1. The highest BCUT2D eigenvalue weighted by molar-refractivity contribution is 5.91. The van der Waals surface area contributed by atoms with Crippen molar-refractivity contribution < 1.29 is 28.9 Å². The van der Waals surface area contributed by atoms with Crippen LogP contribution >= 0.6 is 0 Å². The van der Waals surface area contributed by atoms with Crippen molar-refractivity contribution in [1.82, 2.24) is 4.90 Å². The molecule has 184 valence electrons. The highest BCUT2D eigenvalue weighted by Crippen LogP contribution is 2.32. The van der Waals surface area contributed by atoms with Gasteiger partial charge in [0.15, 0.2) is 12.1 Å². The number of hydrogen-bond donors (Lipinski definition) is 1. The summed E-state index contributed by atoms with van der Waals surface area (Å²) in [5.74, 6) is -1.21. The maximum absolute atomic E-state index is 13.1. The third-order valence-corrected chi connectivity index (χ3v) is 7.02. The third-order valence-electron chi connectivity index (χ3n) is 7.02. The molecule has 1 fully saturated rings. The van der Waals surface area contributed by atoms with Crippen LogP contribution in [0.3, 0.4) is 0 Å². The minimum atomic E-state index is -0.853. The van der Waals surface area contributed by atoms with Crippen molar-refractivity contribution >= 4 is 11.8 Å². The standard InChI is InChI=1S/C25H43NO6/c1-9-21-14(2)10-11-20(27)15(3)12-16(4)23(18(6)24(29)31-21)32-25-22(28)19(26(7)8)13-17(5)30-25/h10-11,14-19,21-23,25,28H,9,12-13H2,1-8H3/b11-10+/t14-,15+,16+,17+,18-,19-,21-,22+,23+,25-/m1/s1. The maximum atomic E-state index is 13.1. The fourth-order valence-corrected chi connectivity index (χ4v) is 4.85. The first kappa shape index (κ1) is 27.0. The summed E-state index contributed by atoms with van der Waals surface area (Å²) < 4.78 is 18.2. The van der Waals surface area contributed by atoms with E-state index in [1.165, 1.54) is 0 Å². The number of carbonyl (C=O) groups is 2. The number of nitrogens with zero attached hydrogens (tertiary/aromatic N) is 1. The van der Waals surface area contributed by atoms with Crippen LogP contribution in [0.15, 0.2) is 12.2 Å². The number of allylic oxidation sites excluding steroid dienone is 1. The number of hydrogen-bond acceptors (Lipinski definition) is 7. The Morgan fingerprint density at radius 3 is 2.38 bits per heavy atom. The van der Waals surface area contributed by atoms with E-state index in [-0.39, 0.29) is 47.8 Å². The van der Waals surface area contributed by atoms with Crippen molar-refractivity contribution in [2.75, 3.05) is 14.1 Å². The topological polar surface area (TPSA) is 85.3 Å². The number of esters is 1. The van der Waals surface area contributed by atoms with Crippen molar-refractivity contribution in [3.05, 3.63) is 12.2 Å². The Morgan fingerprint density at radius 2 is 1.78 bits per heavy atom. The lowest BCUT2D eigenvalue weighted by Crippen LogP contribution is -2.56. The Morgan fingerprint density at radius 1 is 1.12 bits per heavy atom. The SMILES string of the molecule is CC[C@H]1OC(=O)[C@H](C)[C@@H](O[C@H]2O[C@@H](C)C[C@@H](N(C)C)[C@@H]2O)[C@@H](C)C[C@H](C)C(=O)/C=C/[C@H]1C. The number of aliphatic hydroxyl groups is 1. The summed E-state index contributed by atoms with van der Waals surface area (Å²) >= 11 is 0. The zero-order valence-electron chi connectivity index (χ0n) is 21.0. The largest absolute Gasteiger partial charge is 0.461 e. The predicted molar refractivity (Wildman–Crippen MR) is 123 cm³/mol. The molecular weight excluding hydrogens is 410 g/mol. The summed E-state index contributed by atoms with van der Waals surface area (Å²) in [4.78, 5) is 27.7. The molecule has 2 heterocycles. The molecule has 0 bridgehead atoms. The summed E-state index contributed by atoms with van der Waals surface area (Å²) in [5, 5.41) is 10.9. The molecule has 0 aromatic rings. The van der Waals surface area contributed by atoms with E-state index in [0.29, 0.717) is 19.3 Å². The molecule has 0 radical (unpaired) electrons. The molecule has 0 aliphatic carbocycles. The van der Waals surface area contributed by atoms with Gasteiger partial charge in [-0.1, -0.05) is 33.8 Å². The van der Waals surface area contributed by atoms with Crippen molar-refractivity contribution in [1.29, 1.82) is 0 Å². The monoisotopic (exact) mass is 453 g/mol. The molecule has 0 spiro atoms. The number of ketones is 1. The number of carbonyl (C=O) groups excluding carboxylic acids is 2. The van der Waals surface area contributed by atoms with Gasteiger partial charge in [-0.2, -0.15) is 0 Å². The zero-order chi connectivity index (χ0) is 24.2. The molecule has 2 rings (SSSR count). The first-order valence-electron chi connectivity index (χ1n) is 12.0. The van der Waals surface area contributed by atoms with Crippen LogP contribution in [0.25, 0.3) is 0 Å². The van der Waals surface area contributed by atoms with E-state index in [1.54, 1.807) is 13.0 Å². The second-order valence-electron chi connectivity index (χ2n) is 10.1. The van der Waals surface area contributed by atoms with Gasteiger partial charge in [-0.3, -0.25) is 9.59 Å². The van der Waals surface area contributed by atoms with Crippen LogP contribution in [0.4, 0.5) is 0 Å². The van der Waals surface area contributed by atoms with Crippen molar-refractivity contribution in [2.24, 2.45) is 23.7 Å². The fourth-order valence-electron chi connectivity index (χ4n) is 4.85. The summed E-state index contributed by atoms with van der Waals surface area (Å²) in [7, 11) is 3.85. The second kappa shape index (κ2) is 11.7. The lowest BCUT2D eigenvalue weighted by Gasteiger charge is -2.43. The van der Waals surface area contributed by atoms with E-state index in [2.05, 4.69) is 0 Å². The van der Waals surface area contributed by atoms with Crippen molar-refractivity contribution in [3.8, 4) is 0 Å². The molecule has 0 unspecified atom stereocenters. The minimum Gasteiger partial charge on any atom is -0.461 e. The van der Waals surface area contributed by atoms with Gasteiger partial charge in [-0.25, -0.2) is 0 Å². The quantitative estimate of drug-likeness (QED) is 0.654. The van der Waals surface area contributed by atoms with E-state index in [0.717, 1.165) is 0 Å². The Kier molecular flexibility index (Phi) is 9.88. The summed E-state index contributed by atoms with van der Waals surface area (Å²) in [6.07, 6.45) is 2.73. The van der Waals surface area contributed by atoms with Crippen molar-refractivity contribution in [2.45, 2.75) is 97.6 Å². The summed E-state index contributed by atoms with van der Waals surface area (Å²) in [6, 6.07) is -0.108. The Hall–Kier alpha value is -1.28. The molecule has 10 atom stereocenters. The normalized spacial score (nSPS) is 43.3. The maximum Gasteiger partial charge on any atom is 0.311 e. The lowest BCUT2D eigenvalue weighted by molar-refractivity contribution is -0.279. The molecule has 2 aliphatic heterocycles. The van der Waals surface area contributed by atoms with E-state index < -0.39 is 24.4 Å². The molecule has 1 saturated heterocycles. The first-order chi connectivity index (χ1) is 15.0. The van der Waals surface area contributed by atoms with Crippen LogP contribution < -0.4 is 0 Å². The average molecular weight is 454 g/mol. The van der Waals surface area contributed by atoms with Gasteiger partial charge in [0.25, 0.3) is 0 Å². The molecular formula is C25H43NO6. The van der Waals surface area contributed by atoms with Crippen LogP contribution in [0.1, 0.15) is 60.8 Å². The summed E-state index contributed by atoms with van der Waals surface area (Å²) in [6.45, 7) is 11.6. The molecule has 0 aromatic heterocycles. The fraction of sp³-hybridized carbons (Fsp3) is 0.840. The molecule has 1 N–H and O–H groups in total. The van der Waals surface area contributed by atoms with Crippen LogP contribution in [0, 0.1) is 23.7 Å². The van der Waals surface area contributed by atoms with Crippen molar-refractivity contribution in [3.63, 3.8) is 0 Å². The molecule has 32 heavy (non-hydrogen) atoms. The number of ether oxygens (including phenoxy) is 3. The van der Waals surface area contributed by atoms with Gasteiger partial charge in [0.05, 0.1) is 18.1 Å². The van der Waals surface area contributed by atoms with Gasteiger partial charge >= 0.3 is 5.97 Å². The van der Waals surface area contributed by atoms with Crippen LogP contribution in [-0.4, -0.2) is 72.6 Å². The Bertz CT molecular complexity index is 665. The zero-order valence-corrected chi connectivity index (χ0v) is 21.0. The molecule has 0 amide bonds. The van der Waals surface area contributed by atoms with E-state index in [9.17, 15) is 14.7 Å². The Labute approximate surface area is 193 Å². The molecule has 0 aromatic carbocycles. The minimum absolute atomic E-state index is 0.0614. The highest BCUT2D eigenvalue weighted by Gasteiger charge is 2.42. The van der Waals surface area contributed by atoms with Gasteiger partial charge in [0.2, 0.25) is 0 Å². The smallest absolute Gasteiger partial charge is 0.311 e. The van der Waals surface area contributed by atoms with Crippen LogP contribution in [0.2, 0.25) is 0 Å². The van der Waals surface area contributed by atoms with Gasteiger partial charge in [0, 0.05) is 17.9 Å². The van der Waals surface area contributed by atoms with Crippen LogP contribution in [-0.2, 0) is 23.8 Å². The second-order valence-corrected chi connectivity index (χ2v) is 10.1. The number of cyclic esters (lactones) is 1. The van der Waals surface area contributed by atoms with Gasteiger partial charge in [0.1, 0.15) is 12.2 Å². The molecule has 2 aliphatic rings. The average Bonchev–Trinajstić information content (AvgIpc) is 2.73. The number of likely N-dealkylation sites (N-methyl/N-ethyl adjacent to an activating group) is 1. The molecule has 7 nitrogen and oxygen atoms in total. The van der Waals surface area contributed by atoms with Gasteiger partial charge in [-0.15, -0.1) is 0 Å². The first-order valence-corrected chi connectivity index (χ1v) is 12.0. The predicted octanol–water partition coefficient (Wildman–Crippen LogP) is 3.19. The third kappa shape index (κ3) is 6.62. The molecule has 0 saturated carbocycles. The van der Waals surface area contributed by atoms with Crippen LogP contribution in [0.5, 0.6) is 0 Å².